The van der Waals surface area contributed by atoms with Crippen molar-refractivity contribution in [1.82, 2.24) is 4.90 Å². The molecule has 1 aliphatic rings. The topological polar surface area (TPSA) is 38.8 Å². The summed E-state index contributed by atoms with van der Waals surface area (Å²) in [7, 11) is 3.10. The smallest absolute Gasteiger partial charge is 0.247 e. The number of amides is 1. The molecule has 0 saturated carbocycles. The molecule has 1 fully saturated rings. The first kappa shape index (κ1) is 17.8. The summed E-state index contributed by atoms with van der Waals surface area (Å²) < 4.78 is 10.5. The summed E-state index contributed by atoms with van der Waals surface area (Å²) in [6.45, 7) is 0.790. The molecule has 1 atom stereocenters. The highest BCUT2D eigenvalue weighted by molar-refractivity contribution is 7.10. The fourth-order valence-corrected chi connectivity index (χ4v) is 4.27. The third-order valence-corrected chi connectivity index (χ3v) is 5.54. The Kier molecular flexibility index (Phi) is 5.66. The Bertz CT molecular complexity index is 773. The molecule has 1 amide bonds. The maximum Gasteiger partial charge on any atom is 0.247 e. The number of rotatable bonds is 5. The van der Waals surface area contributed by atoms with Crippen LogP contribution in [0, 0.1) is 0 Å². The molecule has 1 aromatic carbocycles. The lowest BCUT2D eigenvalue weighted by Crippen LogP contribution is -2.28. The van der Waals surface area contributed by atoms with E-state index >= 15 is 0 Å². The van der Waals surface area contributed by atoms with Gasteiger partial charge in [-0.15, -0.1) is 11.3 Å². The van der Waals surface area contributed by atoms with E-state index < -0.39 is 0 Å². The highest BCUT2D eigenvalue weighted by Crippen LogP contribution is 2.37. The van der Waals surface area contributed by atoms with Gasteiger partial charge in [0.25, 0.3) is 0 Å². The molecule has 0 spiro atoms. The summed E-state index contributed by atoms with van der Waals surface area (Å²) >= 11 is 7.91. The van der Waals surface area contributed by atoms with Gasteiger partial charge >= 0.3 is 0 Å². The van der Waals surface area contributed by atoms with Gasteiger partial charge in [-0.1, -0.05) is 17.7 Å². The summed E-state index contributed by atoms with van der Waals surface area (Å²) in [6, 6.07) is 7.87. The second kappa shape index (κ2) is 7.93. The number of carbonyl (C=O) groups is 1. The SMILES string of the molecule is COc1cc(C=CC(=O)N2CCCC2c2cccs2)cc(Cl)c1OC. The molecule has 0 N–H and O–H groups in total. The molecule has 1 aromatic heterocycles. The van der Waals surface area contributed by atoms with Crippen molar-refractivity contribution < 1.29 is 14.3 Å². The van der Waals surface area contributed by atoms with Gasteiger partial charge in [-0.05, 0) is 48.1 Å². The first-order chi connectivity index (χ1) is 12.1. The van der Waals surface area contributed by atoms with Gasteiger partial charge in [-0.3, -0.25) is 4.79 Å². The van der Waals surface area contributed by atoms with Crippen LogP contribution in [0.15, 0.2) is 35.7 Å². The number of methoxy groups -OCH3 is 2. The average molecular weight is 378 g/mol. The molecule has 1 unspecified atom stereocenters. The van der Waals surface area contributed by atoms with Crippen molar-refractivity contribution in [2.45, 2.75) is 18.9 Å². The van der Waals surface area contributed by atoms with Crippen molar-refractivity contribution >= 4 is 34.9 Å². The van der Waals surface area contributed by atoms with E-state index in [0.717, 1.165) is 24.9 Å². The van der Waals surface area contributed by atoms with Crippen LogP contribution in [0.2, 0.25) is 5.02 Å². The van der Waals surface area contributed by atoms with E-state index in [-0.39, 0.29) is 11.9 Å². The minimum Gasteiger partial charge on any atom is -0.493 e. The summed E-state index contributed by atoms with van der Waals surface area (Å²) in [4.78, 5) is 15.8. The number of hydrogen-bond donors (Lipinski definition) is 0. The number of halogens is 1. The normalized spacial score (nSPS) is 17.2. The maximum absolute atomic E-state index is 12.6. The van der Waals surface area contributed by atoms with Crippen LogP contribution >= 0.6 is 22.9 Å². The summed E-state index contributed by atoms with van der Waals surface area (Å²) in [5.41, 5.74) is 0.794. The third kappa shape index (κ3) is 3.83. The first-order valence-corrected chi connectivity index (χ1v) is 9.33. The Morgan fingerprint density at radius 2 is 2.20 bits per heavy atom. The van der Waals surface area contributed by atoms with Crippen LogP contribution in [-0.4, -0.2) is 31.6 Å². The maximum atomic E-state index is 12.6. The van der Waals surface area contributed by atoms with Gasteiger partial charge in [0.2, 0.25) is 5.91 Å². The Hall–Kier alpha value is -1.98. The summed E-state index contributed by atoms with van der Waals surface area (Å²) in [5.74, 6) is 1.05. The number of hydrogen-bond acceptors (Lipinski definition) is 4. The molecule has 2 heterocycles. The summed E-state index contributed by atoms with van der Waals surface area (Å²) in [5, 5.41) is 2.50. The van der Waals surface area contributed by atoms with Gasteiger partial charge in [0, 0.05) is 17.5 Å². The Morgan fingerprint density at radius 3 is 2.88 bits per heavy atom. The van der Waals surface area contributed by atoms with E-state index in [1.165, 1.54) is 4.88 Å². The minimum atomic E-state index is 0.0156. The standard InChI is InChI=1S/C19H20ClNO3S/c1-23-16-12-13(11-14(20)19(16)24-2)7-8-18(22)21-9-3-5-15(21)17-6-4-10-25-17/h4,6-8,10-12,15H,3,5,9H2,1-2H3. The number of benzene rings is 1. The van der Waals surface area contributed by atoms with E-state index in [0.29, 0.717) is 16.5 Å². The number of ether oxygens (including phenoxy) is 2. The number of likely N-dealkylation sites (tertiary alicyclic amines) is 1. The van der Waals surface area contributed by atoms with Crippen molar-refractivity contribution in [3.8, 4) is 11.5 Å². The number of nitrogens with zero attached hydrogens (tertiary/aromatic N) is 1. The average Bonchev–Trinajstić information content (AvgIpc) is 3.29. The van der Waals surface area contributed by atoms with E-state index in [1.54, 1.807) is 49.8 Å². The molecular formula is C19H20ClNO3S. The van der Waals surface area contributed by atoms with E-state index in [4.69, 9.17) is 21.1 Å². The molecule has 132 valence electrons. The third-order valence-electron chi connectivity index (χ3n) is 4.28. The van der Waals surface area contributed by atoms with E-state index in [2.05, 4.69) is 11.4 Å². The van der Waals surface area contributed by atoms with Crippen molar-refractivity contribution in [2.75, 3.05) is 20.8 Å². The van der Waals surface area contributed by atoms with Crippen molar-refractivity contribution in [3.05, 3.63) is 51.2 Å². The quantitative estimate of drug-likeness (QED) is 0.703. The molecule has 2 aromatic rings. The van der Waals surface area contributed by atoms with Gasteiger partial charge in [-0.2, -0.15) is 0 Å². The van der Waals surface area contributed by atoms with Crippen LogP contribution in [-0.2, 0) is 4.79 Å². The Labute approximate surface area is 156 Å². The molecule has 3 rings (SSSR count). The molecule has 25 heavy (non-hydrogen) atoms. The molecule has 6 heteroatoms. The van der Waals surface area contributed by atoms with Crippen LogP contribution in [0.4, 0.5) is 0 Å². The summed E-state index contributed by atoms with van der Waals surface area (Å²) in [6.07, 6.45) is 5.41. The fourth-order valence-electron chi connectivity index (χ4n) is 3.10. The van der Waals surface area contributed by atoms with Crippen LogP contribution in [0.5, 0.6) is 11.5 Å². The van der Waals surface area contributed by atoms with E-state index in [9.17, 15) is 4.79 Å². The second-order valence-corrected chi connectivity index (χ2v) is 7.16. The zero-order valence-corrected chi connectivity index (χ0v) is 15.8. The molecule has 1 aliphatic heterocycles. The fraction of sp³-hybridized carbons (Fsp3) is 0.316. The largest absolute Gasteiger partial charge is 0.493 e. The van der Waals surface area contributed by atoms with Crippen LogP contribution < -0.4 is 9.47 Å². The molecule has 0 aliphatic carbocycles. The highest BCUT2D eigenvalue weighted by atomic mass is 35.5. The zero-order chi connectivity index (χ0) is 17.8. The van der Waals surface area contributed by atoms with Crippen LogP contribution in [0.25, 0.3) is 6.08 Å². The van der Waals surface area contributed by atoms with Gasteiger partial charge in [-0.25, -0.2) is 0 Å². The zero-order valence-electron chi connectivity index (χ0n) is 14.2. The number of thiophene rings is 1. The van der Waals surface area contributed by atoms with Crippen LogP contribution in [0.1, 0.15) is 29.3 Å². The molecular weight excluding hydrogens is 358 g/mol. The monoisotopic (exact) mass is 377 g/mol. The van der Waals surface area contributed by atoms with Gasteiger partial charge in [0.05, 0.1) is 25.3 Å². The highest BCUT2D eigenvalue weighted by Gasteiger charge is 2.29. The predicted octanol–water partition coefficient (Wildman–Crippen LogP) is 4.80. The molecule has 0 radical (unpaired) electrons. The second-order valence-electron chi connectivity index (χ2n) is 5.78. The van der Waals surface area contributed by atoms with Crippen LogP contribution in [0.3, 0.4) is 0 Å². The number of carbonyl (C=O) groups excluding carboxylic acids is 1. The minimum absolute atomic E-state index is 0.0156. The van der Waals surface area contributed by atoms with Gasteiger partial charge in [0.1, 0.15) is 0 Å². The van der Waals surface area contributed by atoms with Crippen molar-refractivity contribution in [2.24, 2.45) is 0 Å². The first-order valence-electron chi connectivity index (χ1n) is 8.07. The lowest BCUT2D eigenvalue weighted by atomic mass is 10.1. The lowest BCUT2D eigenvalue weighted by Gasteiger charge is -2.22. The molecule has 1 saturated heterocycles. The van der Waals surface area contributed by atoms with Crippen molar-refractivity contribution in [1.29, 1.82) is 0 Å². The predicted molar refractivity (Wildman–Crippen MR) is 102 cm³/mol. The molecule has 0 bridgehead atoms. The molecule has 4 nitrogen and oxygen atoms in total. The van der Waals surface area contributed by atoms with Gasteiger partial charge < -0.3 is 14.4 Å². The van der Waals surface area contributed by atoms with E-state index in [1.807, 2.05) is 11.0 Å². The lowest BCUT2D eigenvalue weighted by molar-refractivity contribution is -0.126. The van der Waals surface area contributed by atoms with Gasteiger partial charge in [0.15, 0.2) is 11.5 Å². The Morgan fingerprint density at radius 1 is 1.36 bits per heavy atom. The Balaban J connectivity index is 1.77. The van der Waals surface area contributed by atoms with Crippen molar-refractivity contribution in [3.63, 3.8) is 0 Å².